The molecule has 2 atom stereocenters. The smallest absolute Gasteiger partial charge is 0.191 e. The summed E-state index contributed by atoms with van der Waals surface area (Å²) in [7, 11) is 4.21. The van der Waals surface area contributed by atoms with Crippen LogP contribution >= 0.6 is 35.3 Å². The van der Waals surface area contributed by atoms with Crippen molar-refractivity contribution in [3.63, 3.8) is 0 Å². The van der Waals surface area contributed by atoms with Crippen molar-refractivity contribution in [3.8, 4) is 0 Å². The van der Waals surface area contributed by atoms with Gasteiger partial charge in [0, 0.05) is 37.1 Å². The number of rotatable bonds is 11. The van der Waals surface area contributed by atoms with Gasteiger partial charge in [-0.25, -0.2) is 0 Å². The monoisotopic (exact) mass is 510 g/mol. The van der Waals surface area contributed by atoms with E-state index < -0.39 is 0 Å². The number of hydrogen-bond donors (Lipinski definition) is 2. The van der Waals surface area contributed by atoms with E-state index in [1.807, 2.05) is 0 Å². The minimum absolute atomic E-state index is 0. The molecule has 0 spiro atoms. The molecule has 0 aromatic carbocycles. The standard InChI is InChI=1S/C19H34N4O2S.HI/c1-4-20-19(21-9-6-10-24-14-16-8-11-25-15-16)22-13-17(23(2)3)18-7-5-12-26-18;/h5,7,12,16-17H,4,6,8-11,13-15H2,1-3H3,(H2,20,21,22);1H. The van der Waals surface area contributed by atoms with E-state index in [4.69, 9.17) is 14.5 Å². The second-order valence-electron chi connectivity index (χ2n) is 6.80. The molecule has 0 bridgehead atoms. The van der Waals surface area contributed by atoms with Crippen LogP contribution in [0.4, 0.5) is 0 Å². The lowest BCUT2D eigenvalue weighted by Crippen LogP contribution is -2.38. The van der Waals surface area contributed by atoms with E-state index in [1.165, 1.54) is 4.88 Å². The molecular weight excluding hydrogens is 475 g/mol. The third-order valence-corrected chi connectivity index (χ3v) is 5.37. The highest BCUT2D eigenvalue weighted by atomic mass is 127. The molecule has 1 aromatic rings. The van der Waals surface area contributed by atoms with Crippen molar-refractivity contribution >= 4 is 41.3 Å². The zero-order valence-electron chi connectivity index (χ0n) is 16.8. The van der Waals surface area contributed by atoms with Crippen molar-refractivity contribution in [1.82, 2.24) is 15.5 Å². The summed E-state index contributed by atoms with van der Waals surface area (Å²) in [6.07, 6.45) is 2.10. The number of guanidine groups is 1. The maximum atomic E-state index is 5.75. The number of hydrogen-bond acceptors (Lipinski definition) is 5. The van der Waals surface area contributed by atoms with E-state index >= 15 is 0 Å². The van der Waals surface area contributed by atoms with E-state index in [9.17, 15) is 0 Å². The Labute approximate surface area is 185 Å². The lowest BCUT2D eigenvalue weighted by atomic mass is 10.1. The molecule has 8 heteroatoms. The Morgan fingerprint density at radius 3 is 2.93 bits per heavy atom. The molecule has 1 aliphatic heterocycles. The summed E-state index contributed by atoms with van der Waals surface area (Å²) in [6.45, 7) is 7.88. The summed E-state index contributed by atoms with van der Waals surface area (Å²) >= 11 is 1.78. The van der Waals surface area contributed by atoms with Gasteiger partial charge in [0.15, 0.2) is 5.96 Å². The maximum absolute atomic E-state index is 5.75. The van der Waals surface area contributed by atoms with Gasteiger partial charge in [0.05, 0.1) is 25.8 Å². The fourth-order valence-electron chi connectivity index (χ4n) is 2.85. The maximum Gasteiger partial charge on any atom is 0.191 e. The first kappa shape index (κ1) is 24.6. The van der Waals surface area contributed by atoms with Crippen LogP contribution in [0.15, 0.2) is 22.5 Å². The number of likely N-dealkylation sites (N-methyl/N-ethyl adjacent to an activating group) is 1. The van der Waals surface area contributed by atoms with Crippen molar-refractivity contribution < 1.29 is 9.47 Å². The topological polar surface area (TPSA) is 58.1 Å². The van der Waals surface area contributed by atoms with Crippen LogP contribution in [0.5, 0.6) is 0 Å². The molecule has 2 rings (SSSR count). The molecule has 1 fully saturated rings. The number of halogens is 1. The summed E-state index contributed by atoms with van der Waals surface area (Å²) < 4.78 is 11.1. The van der Waals surface area contributed by atoms with Gasteiger partial charge in [-0.15, -0.1) is 35.3 Å². The van der Waals surface area contributed by atoms with Gasteiger partial charge in [0.25, 0.3) is 0 Å². The van der Waals surface area contributed by atoms with Crippen LogP contribution in [-0.4, -0.2) is 71.0 Å². The fraction of sp³-hybridized carbons (Fsp3) is 0.737. The van der Waals surface area contributed by atoms with Crippen LogP contribution in [0.3, 0.4) is 0 Å². The van der Waals surface area contributed by atoms with Crippen LogP contribution in [0.2, 0.25) is 0 Å². The molecule has 156 valence electrons. The third-order valence-electron chi connectivity index (χ3n) is 4.40. The van der Waals surface area contributed by atoms with E-state index in [2.05, 4.69) is 54.1 Å². The van der Waals surface area contributed by atoms with E-state index in [0.29, 0.717) is 12.0 Å². The summed E-state index contributed by atoms with van der Waals surface area (Å²) in [5, 5.41) is 8.85. The van der Waals surface area contributed by atoms with Gasteiger partial charge in [0.2, 0.25) is 0 Å². The lowest BCUT2D eigenvalue weighted by Gasteiger charge is -2.22. The van der Waals surface area contributed by atoms with Gasteiger partial charge in [0.1, 0.15) is 0 Å². The average molecular weight is 510 g/mol. The zero-order chi connectivity index (χ0) is 18.6. The molecule has 2 N–H and O–H groups in total. The fourth-order valence-corrected chi connectivity index (χ4v) is 3.77. The molecule has 1 aromatic heterocycles. The Balaban J connectivity index is 0.00000364. The summed E-state index contributed by atoms with van der Waals surface area (Å²) in [4.78, 5) is 8.34. The van der Waals surface area contributed by atoms with Crippen LogP contribution in [0.25, 0.3) is 0 Å². The number of aliphatic imine (C=N–C) groups is 1. The molecular formula is C19H35IN4O2S. The largest absolute Gasteiger partial charge is 0.381 e. The Bertz CT molecular complexity index is 508. The van der Waals surface area contributed by atoms with Crippen molar-refractivity contribution in [3.05, 3.63) is 22.4 Å². The van der Waals surface area contributed by atoms with Gasteiger partial charge in [-0.05, 0) is 45.3 Å². The molecule has 2 unspecified atom stereocenters. The van der Waals surface area contributed by atoms with Gasteiger partial charge in [-0.1, -0.05) is 6.07 Å². The predicted octanol–water partition coefficient (Wildman–Crippen LogP) is 2.97. The minimum Gasteiger partial charge on any atom is -0.381 e. The first-order valence-electron chi connectivity index (χ1n) is 9.58. The Kier molecular flexibility index (Phi) is 13.3. The van der Waals surface area contributed by atoms with Crippen LogP contribution in [0, 0.1) is 5.92 Å². The SMILES string of the molecule is CCNC(=NCC(c1cccs1)N(C)C)NCCCOCC1CCOC1.I. The molecule has 0 saturated carbocycles. The molecule has 6 nitrogen and oxygen atoms in total. The van der Waals surface area contributed by atoms with Crippen LogP contribution in [-0.2, 0) is 9.47 Å². The molecule has 0 radical (unpaired) electrons. The second-order valence-corrected chi connectivity index (χ2v) is 7.78. The van der Waals surface area contributed by atoms with Crippen LogP contribution < -0.4 is 10.6 Å². The van der Waals surface area contributed by atoms with Crippen molar-refractivity contribution in [2.45, 2.75) is 25.8 Å². The molecule has 1 saturated heterocycles. The van der Waals surface area contributed by atoms with Crippen molar-refractivity contribution in [2.75, 3.05) is 60.2 Å². The van der Waals surface area contributed by atoms with E-state index in [0.717, 1.165) is 64.9 Å². The zero-order valence-corrected chi connectivity index (χ0v) is 19.9. The number of nitrogens with one attached hydrogen (secondary N) is 2. The van der Waals surface area contributed by atoms with Gasteiger partial charge in [-0.2, -0.15) is 0 Å². The number of ether oxygens (including phenoxy) is 2. The van der Waals surface area contributed by atoms with Crippen molar-refractivity contribution in [1.29, 1.82) is 0 Å². The highest BCUT2D eigenvalue weighted by Crippen LogP contribution is 2.23. The van der Waals surface area contributed by atoms with Gasteiger partial charge >= 0.3 is 0 Å². The second kappa shape index (κ2) is 14.6. The summed E-state index contributed by atoms with van der Waals surface area (Å²) in [5.41, 5.74) is 0. The van der Waals surface area contributed by atoms with Gasteiger partial charge in [-0.3, -0.25) is 4.99 Å². The first-order chi connectivity index (χ1) is 12.7. The highest BCUT2D eigenvalue weighted by Gasteiger charge is 2.16. The molecule has 2 heterocycles. The molecule has 0 aliphatic carbocycles. The summed E-state index contributed by atoms with van der Waals surface area (Å²) in [5.74, 6) is 1.46. The summed E-state index contributed by atoms with van der Waals surface area (Å²) in [6, 6.07) is 4.58. The van der Waals surface area contributed by atoms with E-state index in [-0.39, 0.29) is 24.0 Å². The quantitative estimate of drug-likeness (QED) is 0.208. The Morgan fingerprint density at radius 2 is 2.30 bits per heavy atom. The minimum atomic E-state index is 0. The molecule has 0 amide bonds. The number of thiophene rings is 1. The highest BCUT2D eigenvalue weighted by molar-refractivity contribution is 14.0. The van der Waals surface area contributed by atoms with Crippen molar-refractivity contribution in [2.24, 2.45) is 10.9 Å². The normalized spacial score (nSPS) is 18.4. The van der Waals surface area contributed by atoms with Crippen LogP contribution in [0.1, 0.15) is 30.7 Å². The average Bonchev–Trinajstić information content (AvgIpc) is 3.31. The predicted molar refractivity (Wildman–Crippen MR) is 125 cm³/mol. The lowest BCUT2D eigenvalue weighted by molar-refractivity contribution is 0.0888. The first-order valence-corrected chi connectivity index (χ1v) is 10.5. The molecule has 27 heavy (non-hydrogen) atoms. The van der Waals surface area contributed by atoms with E-state index in [1.54, 1.807) is 11.3 Å². The third kappa shape index (κ3) is 9.56. The Morgan fingerprint density at radius 1 is 1.44 bits per heavy atom. The Hall–Kier alpha value is -0.420. The molecule has 1 aliphatic rings. The van der Waals surface area contributed by atoms with Gasteiger partial charge < -0.3 is 25.0 Å². The number of nitrogens with zero attached hydrogens (tertiary/aromatic N) is 2.